The van der Waals surface area contributed by atoms with E-state index in [1.807, 2.05) is 11.8 Å². The third-order valence-electron chi connectivity index (χ3n) is 3.54. The van der Waals surface area contributed by atoms with Gasteiger partial charge in [0.25, 0.3) is 0 Å². The number of nitrogens with one attached hydrogen (secondary N) is 1. The quantitative estimate of drug-likeness (QED) is 0.719. The number of thioether (sulfide) groups is 1. The summed E-state index contributed by atoms with van der Waals surface area (Å²) in [6.07, 6.45) is 2.75. The second-order valence-corrected chi connectivity index (χ2v) is 5.75. The molecule has 2 unspecified atom stereocenters. The van der Waals surface area contributed by atoms with Crippen LogP contribution in [-0.4, -0.2) is 12.3 Å². The summed E-state index contributed by atoms with van der Waals surface area (Å²) in [7, 11) is 0. The molecule has 1 nitrogen and oxygen atoms in total. The monoisotopic (exact) mass is 219 g/mol. The molecule has 1 aromatic rings. The van der Waals surface area contributed by atoms with E-state index in [1.165, 1.54) is 35.6 Å². The molecule has 3 rings (SSSR count). The number of hydrogen-bond donors (Lipinski definition) is 1. The lowest BCUT2D eigenvalue weighted by molar-refractivity contribution is 0.303. The summed E-state index contributed by atoms with van der Waals surface area (Å²) in [4.78, 5) is 1.51. The van der Waals surface area contributed by atoms with Crippen LogP contribution in [0, 0.1) is 12.8 Å². The van der Waals surface area contributed by atoms with E-state index in [0.29, 0.717) is 6.04 Å². The van der Waals surface area contributed by atoms with E-state index < -0.39 is 0 Å². The number of aryl methyl sites for hydroxylation is 1. The lowest BCUT2D eigenvalue weighted by atomic mass is 9.87. The Balaban J connectivity index is 1.99. The highest BCUT2D eigenvalue weighted by Crippen LogP contribution is 2.43. The minimum atomic E-state index is 0.635. The Bertz CT molecular complexity index is 375. The van der Waals surface area contributed by atoms with Gasteiger partial charge in [-0.25, -0.2) is 0 Å². The van der Waals surface area contributed by atoms with Gasteiger partial charge < -0.3 is 5.32 Å². The van der Waals surface area contributed by atoms with Crippen molar-refractivity contribution in [1.29, 1.82) is 0 Å². The maximum Gasteiger partial charge on any atom is 0.0367 e. The number of benzene rings is 1. The summed E-state index contributed by atoms with van der Waals surface area (Å²) < 4.78 is 0. The van der Waals surface area contributed by atoms with Crippen LogP contribution in [0.25, 0.3) is 0 Å². The molecule has 1 N–H and O–H groups in total. The molecule has 15 heavy (non-hydrogen) atoms. The maximum absolute atomic E-state index is 3.68. The van der Waals surface area contributed by atoms with Gasteiger partial charge in [-0.15, -0.1) is 11.8 Å². The molecule has 0 spiro atoms. The molecule has 2 heterocycles. The van der Waals surface area contributed by atoms with Crippen LogP contribution in [0.3, 0.4) is 0 Å². The fourth-order valence-electron chi connectivity index (χ4n) is 2.72. The van der Waals surface area contributed by atoms with Crippen molar-refractivity contribution in [1.82, 2.24) is 5.32 Å². The van der Waals surface area contributed by atoms with Crippen molar-refractivity contribution in [3.63, 3.8) is 0 Å². The van der Waals surface area contributed by atoms with E-state index in [-0.39, 0.29) is 0 Å². The average molecular weight is 219 g/mol. The predicted octanol–water partition coefficient (Wildman–Crippen LogP) is 3.14. The average Bonchev–Trinajstić information content (AvgIpc) is 2.28. The van der Waals surface area contributed by atoms with Gasteiger partial charge in [-0.2, -0.15) is 0 Å². The highest BCUT2D eigenvalue weighted by atomic mass is 32.2. The number of fused-ring (bicyclic) bond motifs is 3. The number of rotatable bonds is 0. The van der Waals surface area contributed by atoms with Crippen LogP contribution < -0.4 is 5.32 Å². The molecule has 0 aromatic heterocycles. The largest absolute Gasteiger partial charge is 0.310 e. The fraction of sp³-hybridized carbons (Fsp3) is 0.538. The van der Waals surface area contributed by atoms with Crippen LogP contribution in [0.15, 0.2) is 23.1 Å². The standard InChI is InChI=1S/C13H17NS/c1-9-4-5-11-12(7-9)15-8-10-3-2-6-14-13(10)11/h4-5,7,10,13-14H,2-3,6,8H2,1H3. The van der Waals surface area contributed by atoms with E-state index in [9.17, 15) is 0 Å². The van der Waals surface area contributed by atoms with Crippen LogP contribution in [0.5, 0.6) is 0 Å². The van der Waals surface area contributed by atoms with Crippen LogP contribution in [0.1, 0.15) is 30.0 Å². The van der Waals surface area contributed by atoms with E-state index in [2.05, 4.69) is 30.4 Å². The minimum Gasteiger partial charge on any atom is -0.310 e. The van der Waals surface area contributed by atoms with Gasteiger partial charge in [-0.1, -0.05) is 12.1 Å². The summed E-state index contributed by atoms with van der Waals surface area (Å²) in [5.41, 5.74) is 2.93. The van der Waals surface area contributed by atoms with Crippen molar-refractivity contribution in [3.8, 4) is 0 Å². The van der Waals surface area contributed by atoms with Crippen LogP contribution >= 0.6 is 11.8 Å². The Labute approximate surface area is 95.6 Å². The number of hydrogen-bond acceptors (Lipinski definition) is 2. The van der Waals surface area contributed by atoms with Crippen molar-refractivity contribution < 1.29 is 0 Å². The van der Waals surface area contributed by atoms with Gasteiger partial charge in [0.1, 0.15) is 0 Å². The predicted molar refractivity (Wildman–Crippen MR) is 65.4 cm³/mol. The lowest BCUT2D eigenvalue weighted by Gasteiger charge is -2.37. The second kappa shape index (κ2) is 3.84. The minimum absolute atomic E-state index is 0.635. The van der Waals surface area contributed by atoms with Gasteiger partial charge in [0, 0.05) is 16.7 Å². The van der Waals surface area contributed by atoms with Gasteiger partial charge in [0.15, 0.2) is 0 Å². The SMILES string of the molecule is Cc1ccc2c(c1)SCC1CCCNC21. The van der Waals surface area contributed by atoms with Crippen LogP contribution in [0.4, 0.5) is 0 Å². The topological polar surface area (TPSA) is 12.0 Å². The molecule has 1 aromatic carbocycles. The molecule has 0 saturated carbocycles. The molecule has 0 radical (unpaired) electrons. The third-order valence-corrected chi connectivity index (χ3v) is 4.80. The summed E-state index contributed by atoms with van der Waals surface area (Å²) in [5.74, 6) is 2.16. The summed E-state index contributed by atoms with van der Waals surface area (Å²) in [6, 6.07) is 7.55. The highest BCUT2D eigenvalue weighted by molar-refractivity contribution is 7.99. The molecule has 1 fully saturated rings. The Morgan fingerprint density at radius 1 is 1.40 bits per heavy atom. The first-order chi connectivity index (χ1) is 7.34. The fourth-order valence-corrected chi connectivity index (χ4v) is 4.10. The lowest BCUT2D eigenvalue weighted by Crippen LogP contribution is -2.37. The Kier molecular flexibility index (Phi) is 2.49. The molecule has 0 bridgehead atoms. The zero-order valence-corrected chi connectivity index (χ0v) is 9.94. The van der Waals surface area contributed by atoms with Crippen molar-refractivity contribution in [2.24, 2.45) is 5.92 Å². The molecular formula is C13H17NS. The van der Waals surface area contributed by atoms with E-state index in [4.69, 9.17) is 0 Å². The van der Waals surface area contributed by atoms with Crippen molar-refractivity contribution in [2.45, 2.75) is 30.7 Å². The van der Waals surface area contributed by atoms with Gasteiger partial charge in [-0.3, -0.25) is 0 Å². The molecule has 2 heteroatoms. The molecule has 2 atom stereocenters. The normalized spacial score (nSPS) is 29.4. The zero-order valence-electron chi connectivity index (χ0n) is 9.12. The van der Waals surface area contributed by atoms with Gasteiger partial charge >= 0.3 is 0 Å². The van der Waals surface area contributed by atoms with Crippen LogP contribution in [0.2, 0.25) is 0 Å². The van der Waals surface area contributed by atoms with Gasteiger partial charge in [-0.05, 0) is 49.4 Å². The molecule has 1 saturated heterocycles. The maximum atomic E-state index is 3.68. The number of piperidine rings is 1. The van der Waals surface area contributed by atoms with Crippen molar-refractivity contribution >= 4 is 11.8 Å². The first kappa shape index (κ1) is 9.73. The second-order valence-electron chi connectivity index (χ2n) is 4.69. The summed E-state index contributed by atoms with van der Waals surface area (Å²) >= 11 is 2.05. The summed E-state index contributed by atoms with van der Waals surface area (Å²) in [5, 5.41) is 3.68. The zero-order chi connectivity index (χ0) is 10.3. The molecule has 0 aliphatic carbocycles. The van der Waals surface area contributed by atoms with Gasteiger partial charge in [0.2, 0.25) is 0 Å². The third kappa shape index (κ3) is 1.70. The Morgan fingerprint density at radius 2 is 2.33 bits per heavy atom. The highest BCUT2D eigenvalue weighted by Gasteiger charge is 2.31. The van der Waals surface area contributed by atoms with Crippen LogP contribution in [-0.2, 0) is 0 Å². The Morgan fingerprint density at radius 3 is 3.27 bits per heavy atom. The van der Waals surface area contributed by atoms with E-state index >= 15 is 0 Å². The van der Waals surface area contributed by atoms with E-state index in [1.54, 1.807) is 5.56 Å². The molecule has 2 aliphatic heterocycles. The smallest absolute Gasteiger partial charge is 0.0367 e. The van der Waals surface area contributed by atoms with Crippen molar-refractivity contribution in [2.75, 3.05) is 12.3 Å². The first-order valence-corrected chi connectivity index (χ1v) is 6.80. The summed E-state index contributed by atoms with van der Waals surface area (Å²) in [6.45, 7) is 3.38. The molecule has 80 valence electrons. The molecule has 0 amide bonds. The molecule has 2 aliphatic rings. The van der Waals surface area contributed by atoms with E-state index in [0.717, 1.165) is 5.92 Å². The van der Waals surface area contributed by atoms with Gasteiger partial charge in [0.05, 0.1) is 0 Å². The molecular weight excluding hydrogens is 202 g/mol. The first-order valence-electron chi connectivity index (χ1n) is 5.81. The Hall–Kier alpha value is -0.470. The van der Waals surface area contributed by atoms with Crippen molar-refractivity contribution in [3.05, 3.63) is 29.3 Å².